The van der Waals surface area contributed by atoms with Gasteiger partial charge in [0.15, 0.2) is 0 Å². The molecule has 3 nitrogen and oxygen atoms in total. The molecule has 1 N–H and O–H groups in total. The Bertz CT molecular complexity index is 277. The molecule has 0 fully saturated rings. The van der Waals surface area contributed by atoms with Gasteiger partial charge in [0.25, 0.3) is 0 Å². The summed E-state index contributed by atoms with van der Waals surface area (Å²) < 4.78 is 0. The molecule has 0 amide bonds. The Labute approximate surface area is 59.1 Å². The number of hydrogen-bond acceptors (Lipinski definition) is 2. The van der Waals surface area contributed by atoms with Gasteiger partial charge in [-0.05, 0) is 18.9 Å². The lowest BCUT2D eigenvalue weighted by Gasteiger charge is -1.97. The molecular formula is C7H10N2O. The van der Waals surface area contributed by atoms with E-state index in [4.69, 9.17) is 0 Å². The average molecular weight is 138 g/mol. The molecule has 0 aliphatic carbocycles. The van der Waals surface area contributed by atoms with Crippen LogP contribution in [0.5, 0.6) is 0 Å². The maximum Gasteiger partial charge on any atom is 0.345 e. The molecule has 3 heteroatoms. The molecule has 1 rings (SSSR count). The van der Waals surface area contributed by atoms with Crippen LogP contribution in [0.25, 0.3) is 0 Å². The lowest BCUT2D eigenvalue weighted by atomic mass is 10.2. The summed E-state index contributed by atoms with van der Waals surface area (Å²) in [6, 6.07) is 0. The maximum atomic E-state index is 10.6. The van der Waals surface area contributed by atoms with E-state index in [-0.39, 0.29) is 5.69 Å². The number of aryl methyl sites for hydroxylation is 2. The number of nitrogens with one attached hydrogen (secondary N) is 1. The summed E-state index contributed by atoms with van der Waals surface area (Å²) in [6.07, 6.45) is 2.53. The Morgan fingerprint density at radius 3 is 2.90 bits per heavy atom. The minimum absolute atomic E-state index is 0.269. The molecule has 0 aromatic carbocycles. The van der Waals surface area contributed by atoms with E-state index < -0.39 is 0 Å². The molecule has 0 unspecified atom stereocenters. The van der Waals surface area contributed by atoms with Gasteiger partial charge in [0.1, 0.15) is 0 Å². The van der Waals surface area contributed by atoms with Crippen LogP contribution in [-0.4, -0.2) is 9.97 Å². The van der Waals surface area contributed by atoms with Crippen molar-refractivity contribution in [2.45, 2.75) is 20.3 Å². The van der Waals surface area contributed by atoms with Crippen LogP contribution in [0.2, 0.25) is 0 Å². The summed E-state index contributed by atoms with van der Waals surface area (Å²) in [4.78, 5) is 16.8. The summed E-state index contributed by atoms with van der Waals surface area (Å²) in [5.74, 6) is 0. The zero-order valence-electron chi connectivity index (χ0n) is 6.14. The summed E-state index contributed by atoms with van der Waals surface area (Å²) in [6.45, 7) is 3.91. The van der Waals surface area contributed by atoms with Gasteiger partial charge < -0.3 is 4.98 Å². The standard InChI is InChI=1S/C7H10N2O/c1-3-6-4-8-7(10)9-5(6)2/h4H,3H2,1-2H3,(H,8,9,10). The summed E-state index contributed by atoms with van der Waals surface area (Å²) in [5, 5.41) is 0. The van der Waals surface area contributed by atoms with Crippen molar-refractivity contribution >= 4 is 0 Å². The molecule has 0 saturated heterocycles. The van der Waals surface area contributed by atoms with Gasteiger partial charge in [-0.3, -0.25) is 0 Å². The molecule has 1 aromatic heterocycles. The van der Waals surface area contributed by atoms with Crippen LogP contribution in [-0.2, 0) is 6.42 Å². The van der Waals surface area contributed by atoms with Crippen molar-refractivity contribution in [2.75, 3.05) is 0 Å². The number of rotatable bonds is 1. The zero-order valence-corrected chi connectivity index (χ0v) is 6.14. The Morgan fingerprint density at radius 1 is 1.70 bits per heavy atom. The van der Waals surface area contributed by atoms with Gasteiger partial charge in [-0.1, -0.05) is 6.92 Å². The third-order valence-electron chi connectivity index (χ3n) is 1.49. The fraction of sp³-hybridized carbons (Fsp3) is 0.429. The van der Waals surface area contributed by atoms with Crippen LogP contribution in [0.15, 0.2) is 11.0 Å². The fourth-order valence-electron chi connectivity index (χ4n) is 0.863. The van der Waals surface area contributed by atoms with Crippen LogP contribution in [0.3, 0.4) is 0 Å². The Kier molecular flexibility index (Phi) is 1.85. The number of H-pyrrole nitrogens is 1. The van der Waals surface area contributed by atoms with Crippen molar-refractivity contribution in [3.05, 3.63) is 27.9 Å². The van der Waals surface area contributed by atoms with Crippen LogP contribution in [0, 0.1) is 6.92 Å². The van der Waals surface area contributed by atoms with Crippen molar-refractivity contribution in [1.82, 2.24) is 9.97 Å². The molecule has 0 atom stereocenters. The van der Waals surface area contributed by atoms with Gasteiger partial charge in [0.05, 0.1) is 0 Å². The lowest BCUT2D eigenvalue weighted by molar-refractivity contribution is 0.954. The molecule has 1 aromatic rings. The van der Waals surface area contributed by atoms with E-state index in [0.29, 0.717) is 0 Å². The molecule has 10 heavy (non-hydrogen) atoms. The Hall–Kier alpha value is -1.12. The largest absolute Gasteiger partial charge is 0.345 e. The molecule has 0 aliphatic rings. The fourth-order valence-corrected chi connectivity index (χ4v) is 0.863. The van der Waals surface area contributed by atoms with Crippen molar-refractivity contribution in [1.29, 1.82) is 0 Å². The number of aromatic nitrogens is 2. The molecule has 0 aliphatic heterocycles. The van der Waals surface area contributed by atoms with Crippen LogP contribution < -0.4 is 5.69 Å². The van der Waals surface area contributed by atoms with Crippen molar-refractivity contribution in [3.63, 3.8) is 0 Å². The Balaban J connectivity index is 3.19. The topological polar surface area (TPSA) is 45.8 Å². The third-order valence-corrected chi connectivity index (χ3v) is 1.49. The summed E-state index contributed by atoms with van der Waals surface area (Å²) >= 11 is 0. The molecule has 0 spiro atoms. The quantitative estimate of drug-likeness (QED) is 0.619. The molecule has 0 bridgehead atoms. The minimum Gasteiger partial charge on any atom is -0.310 e. The van der Waals surface area contributed by atoms with Crippen molar-refractivity contribution in [3.8, 4) is 0 Å². The predicted octanol–water partition coefficient (Wildman–Crippen LogP) is 0.641. The van der Waals surface area contributed by atoms with Crippen LogP contribution in [0.4, 0.5) is 0 Å². The smallest absolute Gasteiger partial charge is 0.310 e. The monoisotopic (exact) mass is 138 g/mol. The van der Waals surface area contributed by atoms with Gasteiger partial charge in [-0.25, -0.2) is 9.78 Å². The highest BCUT2D eigenvalue weighted by molar-refractivity contribution is 5.13. The van der Waals surface area contributed by atoms with Gasteiger partial charge in [-0.15, -0.1) is 0 Å². The SMILES string of the molecule is CCc1cnc(=O)[nH]c1C. The first-order valence-corrected chi connectivity index (χ1v) is 3.29. The number of hydrogen-bond donors (Lipinski definition) is 1. The molecular weight excluding hydrogens is 128 g/mol. The molecule has 54 valence electrons. The average Bonchev–Trinajstić information content (AvgIpc) is 1.88. The molecule has 0 saturated carbocycles. The normalized spacial score (nSPS) is 9.80. The van der Waals surface area contributed by atoms with Gasteiger partial charge >= 0.3 is 5.69 Å². The van der Waals surface area contributed by atoms with E-state index in [0.717, 1.165) is 17.7 Å². The van der Waals surface area contributed by atoms with Crippen LogP contribution in [0.1, 0.15) is 18.2 Å². The molecule has 0 radical (unpaired) electrons. The second-order valence-electron chi connectivity index (χ2n) is 2.19. The van der Waals surface area contributed by atoms with Gasteiger partial charge in [0.2, 0.25) is 0 Å². The van der Waals surface area contributed by atoms with E-state index in [1.54, 1.807) is 6.20 Å². The van der Waals surface area contributed by atoms with E-state index >= 15 is 0 Å². The van der Waals surface area contributed by atoms with E-state index in [1.807, 2.05) is 13.8 Å². The zero-order chi connectivity index (χ0) is 7.56. The van der Waals surface area contributed by atoms with Gasteiger partial charge in [0, 0.05) is 11.9 Å². The van der Waals surface area contributed by atoms with Crippen molar-refractivity contribution < 1.29 is 0 Å². The number of nitrogens with zero attached hydrogens (tertiary/aromatic N) is 1. The number of aromatic amines is 1. The predicted molar refractivity (Wildman–Crippen MR) is 39.0 cm³/mol. The van der Waals surface area contributed by atoms with E-state index in [9.17, 15) is 4.79 Å². The second-order valence-corrected chi connectivity index (χ2v) is 2.19. The first-order chi connectivity index (χ1) is 4.74. The highest BCUT2D eigenvalue weighted by Gasteiger charge is 1.94. The first-order valence-electron chi connectivity index (χ1n) is 3.29. The van der Waals surface area contributed by atoms with E-state index in [1.165, 1.54) is 0 Å². The summed E-state index contributed by atoms with van der Waals surface area (Å²) in [7, 11) is 0. The highest BCUT2D eigenvalue weighted by atomic mass is 16.1. The molecule has 1 heterocycles. The third kappa shape index (κ3) is 1.23. The minimum atomic E-state index is -0.269. The first kappa shape index (κ1) is 6.99. The Morgan fingerprint density at radius 2 is 2.40 bits per heavy atom. The summed E-state index contributed by atoms with van der Waals surface area (Å²) in [5.41, 5.74) is 1.75. The maximum absolute atomic E-state index is 10.6. The second kappa shape index (κ2) is 2.64. The van der Waals surface area contributed by atoms with Gasteiger partial charge in [-0.2, -0.15) is 0 Å². The highest BCUT2D eigenvalue weighted by Crippen LogP contribution is 1.98. The van der Waals surface area contributed by atoms with E-state index in [2.05, 4.69) is 9.97 Å². The van der Waals surface area contributed by atoms with Crippen molar-refractivity contribution in [2.24, 2.45) is 0 Å². The van der Waals surface area contributed by atoms with Crippen LogP contribution >= 0.6 is 0 Å². The lowest BCUT2D eigenvalue weighted by Crippen LogP contribution is -2.12.